The summed E-state index contributed by atoms with van der Waals surface area (Å²) in [5.74, 6) is -1.13. The summed E-state index contributed by atoms with van der Waals surface area (Å²) in [5, 5.41) is 8.58. The Morgan fingerprint density at radius 3 is 2.95 bits per heavy atom. The number of hydrogen-bond acceptors (Lipinski definition) is 5. The highest BCUT2D eigenvalue weighted by Gasteiger charge is 2.26. The topological polar surface area (TPSA) is 92.6 Å². The van der Waals surface area contributed by atoms with Gasteiger partial charge < -0.3 is 14.7 Å². The van der Waals surface area contributed by atoms with Crippen molar-refractivity contribution in [2.24, 2.45) is 0 Å². The fourth-order valence-electron chi connectivity index (χ4n) is 1.90. The molecule has 1 aromatic rings. The Labute approximate surface area is 110 Å². The lowest BCUT2D eigenvalue weighted by atomic mass is 10.2. The van der Waals surface area contributed by atoms with Crippen molar-refractivity contribution in [2.75, 3.05) is 19.7 Å². The second-order valence-corrected chi connectivity index (χ2v) is 4.22. The molecule has 2 rings (SSSR count). The van der Waals surface area contributed by atoms with E-state index in [1.165, 1.54) is 0 Å². The molecule has 1 N–H and O–H groups in total. The minimum absolute atomic E-state index is 0.0164. The minimum Gasteiger partial charge on any atom is -0.481 e. The number of carboxylic acids is 1. The first kappa shape index (κ1) is 13.4. The van der Waals surface area contributed by atoms with Crippen LogP contribution in [-0.4, -0.2) is 51.5 Å². The Balaban J connectivity index is 1.93. The summed E-state index contributed by atoms with van der Waals surface area (Å²) in [4.78, 5) is 32.0. The SMILES string of the molecule is O=C(O)CCC(=O)N1CCO[C@H](c2cnccn2)C1. The Hall–Kier alpha value is -2.02. The molecule has 1 amide bonds. The molecule has 1 aromatic heterocycles. The first-order valence-corrected chi connectivity index (χ1v) is 6.04. The number of carbonyl (C=O) groups excluding carboxylic acids is 1. The van der Waals surface area contributed by atoms with Gasteiger partial charge in [-0.1, -0.05) is 0 Å². The largest absolute Gasteiger partial charge is 0.481 e. The van der Waals surface area contributed by atoms with Gasteiger partial charge in [0.2, 0.25) is 5.91 Å². The zero-order chi connectivity index (χ0) is 13.7. The number of amides is 1. The van der Waals surface area contributed by atoms with E-state index < -0.39 is 5.97 Å². The first-order valence-electron chi connectivity index (χ1n) is 6.04. The molecule has 0 saturated carbocycles. The summed E-state index contributed by atoms with van der Waals surface area (Å²) >= 11 is 0. The molecule has 1 aliphatic heterocycles. The van der Waals surface area contributed by atoms with Gasteiger partial charge in [0, 0.05) is 25.4 Å². The Morgan fingerprint density at radius 1 is 1.42 bits per heavy atom. The van der Waals surface area contributed by atoms with Crippen LogP contribution in [0.4, 0.5) is 0 Å². The Morgan fingerprint density at radius 2 is 2.26 bits per heavy atom. The monoisotopic (exact) mass is 265 g/mol. The maximum atomic E-state index is 11.9. The summed E-state index contributed by atoms with van der Waals surface area (Å²) in [5.41, 5.74) is 0.679. The molecule has 1 aliphatic rings. The van der Waals surface area contributed by atoms with Crippen molar-refractivity contribution < 1.29 is 19.4 Å². The van der Waals surface area contributed by atoms with Crippen LogP contribution in [0.2, 0.25) is 0 Å². The van der Waals surface area contributed by atoms with Gasteiger partial charge in [-0.2, -0.15) is 0 Å². The molecule has 7 heteroatoms. The van der Waals surface area contributed by atoms with E-state index in [4.69, 9.17) is 9.84 Å². The number of ether oxygens (including phenoxy) is 1. The quantitative estimate of drug-likeness (QED) is 0.838. The van der Waals surface area contributed by atoms with Crippen LogP contribution < -0.4 is 0 Å². The smallest absolute Gasteiger partial charge is 0.303 e. The lowest BCUT2D eigenvalue weighted by Crippen LogP contribution is -2.42. The van der Waals surface area contributed by atoms with Crippen molar-refractivity contribution in [3.8, 4) is 0 Å². The van der Waals surface area contributed by atoms with Gasteiger partial charge in [-0.05, 0) is 0 Å². The third kappa shape index (κ3) is 3.72. The highest BCUT2D eigenvalue weighted by molar-refractivity contribution is 5.80. The van der Waals surface area contributed by atoms with E-state index in [2.05, 4.69) is 9.97 Å². The van der Waals surface area contributed by atoms with Crippen molar-refractivity contribution in [2.45, 2.75) is 18.9 Å². The summed E-state index contributed by atoms with van der Waals surface area (Å²) < 4.78 is 5.56. The molecule has 102 valence electrons. The number of morpholine rings is 1. The van der Waals surface area contributed by atoms with Crippen LogP contribution in [0.1, 0.15) is 24.6 Å². The molecule has 0 aliphatic carbocycles. The molecule has 19 heavy (non-hydrogen) atoms. The van der Waals surface area contributed by atoms with Gasteiger partial charge in [0.1, 0.15) is 6.10 Å². The second-order valence-electron chi connectivity index (χ2n) is 4.22. The fraction of sp³-hybridized carbons (Fsp3) is 0.500. The molecule has 0 bridgehead atoms. The van der Waals surface area contributed by atoms with Crippen molar-refractivity contribution >= 4 is 11.9 Å². The van der Waals surface area contributed by atoms with E-state index in [1.807, 2.05) is 0 Å². The molecular weight excluding hydrogens is 250 g/mol. The molecule has 0 radical (unpaired) electrons. The number of aliphatic carboxylic acids is 1. The van der Waals surface area contributed by atoms with E-state index in [0.29, 0.717) is 25.4 Å². The maximum Gasteiger partial charge on any atom is 0.303 e. The predicted octanol–water partition coefficient (Wildman–Crippen LogP) is 0.241. The van der Waals surface area contributed by atoms with E-state index in [9.17, 15) is 9.59 Å². The van der Waals surface area contributed by atoms with Gasteiger partial charge in [-0.25, -0.2) is 0 Å². The zero-order valence-corrected chi connectivity index (χ0v) is 10.4. The summed E-state index contributed by atoms with van der Waals surface area (Å²) in [7, 11) is 0. The van der Waals surface area contributed by atoms with E-state index in [1.54, 1.807) is 23.5 Å². The van der Waals surface area contributed by atoms with Gasteiger partial charge in [0.15, 0.2) is 0 Å². The number of nitrogens with zero attached hydrogens (tertiary/aromatic N) is 3. The standard InChI is InChI=1S/C12H15N3O4/c16-11(1-2-12(17)18)15-5-6-19-10(8-15)9-7-13-3-4-14-9/h3-4,7,10H,1-2,5-6,8H2,(H,17,18)/t10-/m0/s1. The first-order chi connectivity index (χ1) is 9.16. The fourth-order valence-corrected chi connectivity index (χ4v) is 1.90. The van der Waals surface area contributed by atoms with Crippen molar-refractivity contribution in [1.29, 1.82) is 0 Å². The number of rotatable bonds is 4. The highest BCUT2D eigenvalue weighted by atomic mass is 16.5. The molecule has 0 spiro atoms. The average Bonchev–Trinajstić information content (AvgIpc) is 2.46. The third-order valence-electron chi connectivity index (χ3n) is 2.88. The average molecular weight is 265 g/mol. The lowest BCUT2D eigenvalue weighted by Gasteiger charge is -2.32. The molecule has 1 fully saturated rings. The summed E-state index contributed by atoms with van der Waals surface area (Å²) in [6.45, 7) is 1.28. The molecular formula is C12H15N3O4. The van der Waals surface area contributed by atoms with E-state index in [-0.39, 0.29) is 24.9 Å². The molecule has 0 unspecified atom stereocenters. The third-order valence-corrected chi connectivity index (χ3v) is 2.88. The Kier molecular flexibility index (Phi) is 4.40. The number of aromatic nitrogens is 2. The van der Waals surface area contributed by atoms with Gasteiger partial charge >= 0.3 is 5.97 Å². The minimum atomic E-state index is -0.966. The molecule has 7 nitrogen and oxygen atoms in total. The van der Waals surface area contributed by atoms with Crippen LogP contribution in [0.5, 0.6) is 0 Å². The van der Waals surface area contributed by atoms with Crippen LogP contribution in [0, 0.1) is 0 Å². The van der Waals surface area contributed by atoms with Crippen molar-refractivity contribution in [1.82, 2.24) is 14.9 Å². The normalized spacial score (nSPS) is 19.2. The van der Waals surface area contributed by atoms with Crippen LogP contribution in [-0.2, 0) is 14.3 Å². The van der Waals surface area contributed by atoms with Gasteiger partial charge in [0.05, 0.1) is 31.5 Å². The van der Waals surface area contributed by atoms with Crippen LogP contribution >= 0.6 is 0 Å². The summed E-state index contributed by atoms with van der Waals surface area (Å²) in [6.07, 6.45) is 4.33. The van der Waals surface area contributed by atoms with E-state index in [0.717, 1.165) is 0 Å². The second kappa shape index (κ2) is 6.24. The van der Waals surface area contributed by atoms with Crippen LogP contribution in [0.15, 0.2) is 18.6 Å². The number of hydrogen-bond donors (Lipinski definition) is 1. The van der Waals surface area contributed by atoms with Crippen molar-refractivity contribution in [3.63, 3.8) is 0 Å². The number of carboxylic acid groups (broad SMARTS) is 1. The predicted molar refractivity (Wildman–Crippen MR) is 64.2 cm³/mol. The zero-order valence-electron chi connectivity index (χ0n) is 10.4. The summed E-state index contributed by atoms with van der Waals surface area (Å²) in [6, 6.07) is 0. The Bertz CT molecular complexity index is 452. The van der Waals surface area contributed by atoms with Gasteiger partial charge in [0.25, 0.3) is 0 Å². The highest BCUT2D eigenvalue weighted by Crippen LogP contribution is 2.20. The lowest BCUT2D eigenvalue weighted by molar-refractivity contribution is -0.144. The number of carbonyl (C=O) groups is 2. The molecule has 1 saturated heterocycles. The van der Waals surface area contributed by atoms with Gasteiger partial charge in [-0.3, -0.25) is 19.6 Å². The maximum absolute atomic E-state index is 11.9. The van der Waals surface area contributed by atoms with Crippen LogP contribution in [0.3, 0.4) is 0 Å². The van der Waals surface area contributed by atoms with E-state index >= 15 is 0 Å². The molecule has 0 aromatic carbocycles. The molecule has 1 atom stereocenters. The van der Waals surface area contributed by atoms with Crippen molar-refractivity contribution in [3.05, 3.63) is 24.3 Å². The van der Waals surface area contributed by atoms with Gasteiger partial charge in [-0.15, -0.1) is 0 Å². The molecule has 2 heterocycles. The van der Waals surface area contributed by atoms with Crippen LogP contribution in [0.25, 0.3) is 0 Å².